The van der Waals surface area contributed by atoms with Gasteiger partial charge in [0.05, 0.1) is 13.2 Å². The van der Waals surface area contributed by atoms with E-state index >= 15 is 0 Å². The summed E-state index contributed by atoms with van der Waals surface area (Å²) in [5, 5.41) is 0. The maximum Gasteiger partial charge on any atom is 0.239 e. The van der Waals surface area contributed by atoms with E-state index in [2.05, 4.69) is 47.6 Å². The van der Waals surface area contributed by atoms with Crippen LogP contribution in [-0.2, 0) is 4.79 Å². The predicted molar refractivity (Wildman–Crippen MR) is 106 cm³/mol. The fraction of sp³-hybridized carbons (Fsp3) is 0.667. The highest BCUT2D eigenvalue weighted by Crippen LogP contribution is 2.24. The van der Waals surface area contributed by atoms with E-state index in [1.54, 1.807) is 7.11 Å². The summed E-state index contributed by atoms with van der Waals surface area (Å²) < 4.78 is 5.24. The first-order valence-corrected chi connectivity index (χ1v) is 9.89. The average molecular weight is 360 g/mol. The summed E-state index contributed by atoms with van der Waals surface area (Å²) in [4.78, 5) is 19.8. The van der Waals surface area contributed by atoms with Gasteiger partial charge in [0.2, 0.25) is 5.91 Å². The van der Waals surface area contributed by atoms with Gasteiger partial charge >= 0.3 is 0 Å². The third-order valence-electron chi connectivity index (χ3n) is 5.84. The Hall–Kier alpha value is -1.75. The van der Waals surface area contributed by atoms with E-state index in [-0.39, 0.29) is 6.04 Å². The van der Waals surface area contributed by atoms with Gasteiger partial charge in [-0.1, -0.05) is 13.8 Å². The molecule has 5 nitrogen and oxygen atoms in total. The van der Waals surface area contributed by atoms with Crippen LogP contribution in [0.3, 0.4) is 0 Å². The van der Waals surface area contributed by atoms with E-state index < -0.39 is 0 Å². The van der Waals surface area contributed by atoms with Gasteiger partial charge in [-0.05, 0) is 49.4 Å². The maximum atomic E-state index is 13.0. The lowest BCUT2D eigenvalue weighted by molar-refractivity contribution is -0.139. The van der Waals surface area contributed by atoms with Crippen molar-refractivity contribution in [3.05, 3.63) is 24.3 Å². The number of anilines is 1. The van der Waals surface area contributed by atoms with Gasteiger partial charge in [-0.25, -0.2) is 0 Å². The number of hydrogen-bond donors (Lipinski definition) is 0. The minimum atomic E-state index is -0.0227. The Balaban J connectivity index is 1.54. The number of benzene rings is 1. The van der Waals surface area contributed by atoms with Gasteiger partial charge in [0.1, 0.15) is 5.75 Å². The van der Waals surface area contributed by atoms with Crippen LogP contribution in [0.5, 0.6) is 5.75 Å². The molecule has 2 heterocycles. The minimum Gasteiger partial charge on any atom is -0.497 e. The van der Waals surface area contributed by atoms with E-state index in [1.165, 1.54) is 12.1 Å². The summed E-state index contributed by atoms with van der Waals surface area (Å²) in [6.07, 6.45) is 1.23. The Morgan fingerprint density at radius 1 is 1.04 bits per heavy atom. The van der Waals surface area contributed by atoms with Crippen LogP contribution < -0.4 is 9.64 Å². The smallest absolute Gasteiger partial charge is 0.239 e. The summed E-state index contributed by atoms with van der Waals surface area (Å²) >= 11 is 0. The van der Waals surface area contributed by atoms with E-state index in [4.69, 9.17) is 4.74 Å². The lowest BCUT2D eigenvalue weighted by Gasteiger charge is -2.42. The molecule has 2 fully saturated rings. The van der Waals surface area contributed by atoms with Gasteiger partial charge in [0, 0.05) is 45.0 Å². The normalized spacial score (nSPS) is 25.8. The second-order valence-corrected chi connectivity index (χ2v) is 8.09. The molecule has 3 atom stereocenters. The summed E-state index contributed by atoms with van der Waals surface area (Å²) in [7, 11) is 1.69. The Bertz CT molecular complexity index is 586. The largest absolute Gasteiger partial charge is 0.497 e. The fourth-order valence-electron chi connectivity index (χ4n) is 4.42. The topological polar surface area (TPSA) is 36.0 Å². The molecule has 0 aliphatic carbocycles. The van der Waals surface area contributed by atoms with Crippen molar-refractivity contribution in [1.82, 2.24) is 9.80 Å². The van der Waals surface area contributed by atoms with Crippen molar-refractivity contribution in [2.45, 2.75) is 33.2 Å². The molecule has 1 aromatic carbocycles. The molecule has 0 bridgehead atoms. The van der Waals surface area contributed by atoms with E-state index in [9.17, 15) is 4.79 Å². The molecule has 5 heteroatoms. The van der Waals surface area contributed by atoms with Crippen molar-refractivity contribution in [3.63, 3.8) is 0 Å². The number of likely N-dealkylation sites (tertiary alicyclic amines) is 1. The molecule has 0 aromatic heterocycles. The Morgan fingerprint density at radius 2 is 1.62 bits per heavy atom. The van der Waals surface area contributed by atoms with Crippen LogP contribution in [0.25, 0.3) is 0 Å². The number of nitrogens with zero attached hydrogens (tertiary/aromatic N) is 3. The number of methoxy groups -OCH3 is 1. The van der Waals surface area contributed by atoms with E-state index in [1.807, 2.05) is 12.1 Å². The molecule has 144 valence electrons. The summed E-state index contributed by atoms with van der Waals surface area (Å²) in [6.45, 7) is 12.2. The van der Waals surface area contributed by atoms with Crippen LogP contribution in [0, 0.1) is 11.8 Å². The number of carbonyl (C=O) groups is 1. The Kier molecular flexibility index (Phi) is 6.07. The van der Waals surface area contributed by atoms with E-state index in [0.717, 1.165) is 45.0 Å². The number of ether oxygens (including phenoxy) is 1. The van der Waals surface area contributed by atoms with Crippen molar-refractivity contribution in [3.8, 4) is 5.75 Å². The number of piperidine rings is 1. The van der Waals surface area contributed by atoms with Crippen molar-refractivity contribution >= 4 is 11.6 Å². The SMILES string of the molecule is COc1ccc(N2CCN([C@H](C)C(=O)N3C[C@H](C)C[C@H](C)C3)CC2)cc1. The minimum absolute atomic E-state index is 0.0227. The highest BCUT2D eigenvalue weighted by atomic mass is 16.5. The molecule has 0 saturated carbocycles. The molecular formula is C21H33N3O2. The summed E-state index contributed by atoms with van der Waals surface area (Å²) in [5.41, 5.74) is 1.23. The number of amides is 1. The Labute approximate surface area is 157 Å². The lowest BCUT2D eigenvalue weighted by Crippen LogP contribution is -2.56. The molecule has 0 radical (unpaired) electrons. The molecule has 26 heavy (non-hydrogen) atoms. The molecule has 0 N–H and O–H groups in total. The lowest BCUT2D eigenvalue weighted by atomic mass is 9.91. The van der Waals surface area contributed by atoms with Gasteiger partial charge in [-0.2, -0.15) is 0 Å². The molecular weight excluding hydrogens is 326 g/mol. The fourth-order valence-corrected chi connectivity index (χ4v) is 4.42. The zero-order valence-electron chi connectivity index (χ0n) is 16.6. The van der Waals surface area contributed by atoms with Crippen molar-refractivity contribution in [1.29, 1.82) is 0 Å². The molecule has 0 unspecified atom stereocenters. The molecule has 2 aliphatic rings. The standard InChI is InChI=1S/C21H33N3O2/c1-16-13-17(2)15-24(14-16)21(25)18(3)22-9-11-23(12-10-22)19-5-7-20(26-4)8-6-19/h5-8,16-18H,9-15H2,1-4H3/t16-,17+,18-/m1/s1. The highest BCUT2D eigenvalue weighted by molar-refractivity contribution is 5.81. The van der Waals surface area contributed by atoms with Gasteiger partial charge < -0.3 is 14.5 Å². The molecule has 2 aliphatic heterocycles. The van der Waals surface area contributed by atoms with Gasteiger partial charge in [0.25, 0.3) is 0 Å². The first kappa shape index (κ1) is 19.0. The van der Waals surface area contributed by atoms with Gasteiger partial charge in [0.15, 0.2) is 0 Å². The zero-order chi connectivity index (χ0) is 18.7. The van der Waals surface area contributed by atoms with Crippen LogP contribution in [0.15, 0.2) is 24.3 Å². The second-order valence-electron chi connectivity index (χ2n) is 8.09. The van der Waals surface area contributed by atoms with Crippen LogP contribution in [0.1, 0.15) is 27.2 Å². The van der Waals surface area contributed by atoms with Crippen LogP contribution in [0.2, 0.25) is 0 Å². The monoisotopic (exact) mass is 359 g/mol. The van der Waals surface area contributed by atoms with Crippen LogP contribution in [0.4, 0.5) is 5.69 Å². The number of hydrogen-bond acceptors (Lipinski definition) is 4. The molecule has 1 amide bonds. The van der Waals surface area contributed by atoms with Crippen LogP contribution in [-0.4, -0.2) is 68.1 Å². The van der Waals surface area contributed by atoms with Gasteiger partial charge in [-0.3, -0.25) is 9.69 Å². The Morgan fingerprint density at radius 3 is 2.15 bits per heavy atom. The number of piperazine rings is 1. The summed E-state index contributed by atoms with van der Waals surface area (Å²) in [6, 6.07) is 8.21. The van der Waals surface area contributed by atoms with Crippen molar-refractivity contribution in [2.24, 2.45) is 11.8 Å². The average Bonchev–Trinajstić information content (AvgIpc) is 2.66. The van der Waals surface area contributed by atoms with Crippen LogP contribution >= 0.6 is 0 Å². The molecule has 2 saturated heterocycles. The maximum absolute atomic E-state index is 13.0. The highest BCUT2D eigenvalue weighted by Gasteiger charge is 2.32. The molecule has 3 rings (SSSR count). The predicted octanol–water partition coefficient (Wildman–Crippen LogP) is 2.71. The van der Waals surface area contributed by atoms with Gasteiger partial charge in [-0.15, -0.1) is 0 Å². The molecule has 1 aromatic rings. The third-order valence-corrected chi connectivity index (χ3v) is 5.84. The van der Waals surface area contributed by atoms with Crippen molar-refractivity contribution in [2.75, 3.05) is 51.3 Å². The zero-order valence-corrected chi connectivity index (χ0v) is 16.6. The van der Waals surface area contributed by atoms with Crippen molar-refractivity contribution < 1.29 is 9.53 Å². The molecule has 0 spiro atoms. The number of rotatable bonds is 4. The summed E-state index contributed by atoms with van der Waals surface area (Å²) in [5.74, 6) is 2.42. The first-order chi connectivity index (χ1) is 12.5. The number of carbonyl (C=O) groups excluding carboxylic acids is 1. The third kappa shape index (κ3) is 4.32. The van der Waals surface area contributed by atoms with E-state index in [0.29, 0.717) is 17.7 Å². The first-order valence-electron chi connectivity index (χ1n) is 9.89. The quantitative estimate of drug-likeness (QED) is 0.828. The second kappa shape index (κ2) is 8.30.